The van der Waals surface area contributed by atoms with Crippen LogP contribution in [0.4, 0.5) is 0 Å². The summed E-state index contributed by atoms with van der Waals surface area (Å²) >= 11 is 0. The third-order valence-corrected chi connectivity index (χ3v) is 2.51. The summed E-state index contributed by atoms with van der Waals surface area (Å²) in [4.78, 5) is 13.9. The molecule has 1 atom stereocenters. The van der Waals surface area contributed by atoms with Crippen molar-refractivity contribution in [1.29, 1.82) is 0 Å². The molecule has 0 amide bonds. The summed E-state index contributed by atoms with van der Waals surface area (Å²) in [5, 5.41) is 0. The van der Waals surface area contributed by atoms with E-state index in [2.05, 4.69) is 32.6 Å². The van der Waals surface area contributed by atoms with Crippen LogP contribution in [0.25, 0.3) is 0 Å². The maximum Gasteiger partial charge on any atom is 0.149 e. The number of likely N-dealkylation sites (N-methyl/N-ethyl adjacent to an activating group) is 1. The Kier molecular flexibility index (Phi) is 6.87. The Labute approximate surface area is 82.3 Å². The van der Waals surface area contributed by atoms with Gasteiger partial charge in [0.05, 0.1) is 6.04 Å². The Hall–Kier alpha value is -0.370. The third kappa shape index (κ3) is 3.90. The molecule has 0 aromatic rings. The summed E-state index contributed by atoms with van der Waals surface area (Å²) in [5.41, 5.74) is 0. The van der Waals surface area contributed by atoms with Gasteiger partial charge in [-0.15, -0.1) is 0 Å². The van der Waals surface area contributed by atoms with Crippen LogP contribution < -0.4 is 0 Å². The summed E-state index contributed by atoms with van der Waals surface area (Å²) in [6.07, 6.45) is 2.64. The maximum atomic E-state index is 11.7. The molecule has 0 radical (unpaired) electrons. The lowest BCUT2D eigenvalue weighted by molar-refractivity contribution is -0.124. The lowest BCUT2D eigenvalue weighted by Crippen LogP contribution is -2.40. The molecule has 78 valence electrons. The van der Waals surface area contributed by atoms with Gasteiger partial charge in [-0.05, 0) is 25.9 Å². The lowest BCUT2D eigenvalue weighted by atomic mass is 10.0. The van der Waals surface area contributed by atoms with Crippen LogP contribution in [0.1, 0.15) is 47.0 Å². The van der Waals surface area contributed by atoms with Crippen LogP contribution in [0, 0.1) is 0 Å². The Morgan fingerprint density at radius 2 is 1.69 bits per heavy atom. The molecule has 0 unspecified atom stereocenters. The molecule has 0 aromatic heterocycles. The van der Waals surface area contributed by atoms with Crippen molar-refractivity contribution in [3.63, 3.8) is 0 Å². The van der Waals surface area contributed by atoms with Crippen molar-refractivity contribution in [3.05, 3.63) is 0 Å². The van der Waals surface area contributed by atoms with E-state index in [-0.39, 0.29) is 6.04 Å². The quantitative estimate of drug-likeness (QED) is 0.607. The first-order valence-corrected chi connectivity index (χ1v) is 5.47. The smallest absolute Gasteiger partial charge is 0.149 e. The van der Waals surface area contributed by atoms with E-state index in [1.54, 1.807) is 0 Å². The van der Waals surface area contributed by atoms with E-state index in [1.165, 1.54) is 0 Å². The summed E-state index contributed by atoms with van der Waals surface area (Å²) in [6, 6.07) is 0.162. The van der Waals surface area contributed by atoms with Gasteiger partial charge in [-0.1, -0.05) is 27.7 Å². The molecule has 0 rings (SSSR count). The molecule has 0 N–H and O–H groups in total. The van der Waals surface area contributed by atoms with Crippen molar-refractivity contribution >= 4 is 5.78 Å². The number of nitrogens with zero attached hydrogens (tertiary/aromatic N) is 1. The molecule has 0 aromatic carbocycles. The van der Waals surface area contributed by atoms with Crippen LogP contribution in [0.15, 0.2) is 0 Å². The molecule has 0 aliphatic heterocycles. The molecule has 13 heavy (non-hydrogen) atoms. The van der Waals surface area contributed by atoms with Gasteiger partial charge in [0.2, 0.25) is 0 Å². The second-order valence-corrected chi connectivity index (χ2v) is 3.36. The number of Topliss-reactive ketones (excluding diaryl/α,β-unsaturated/α-hetero) is 1. The normalized spacial score (nSPS) is 13.3. The third-order valence-electron chi connectivity index (χ3n) is 2.51. The van der Waals surface area contributed by atoms with E-state index in [4.69, 9.17) is 0 Å². The van der Waals surface area contributed by atoms with Crippen molar-refractivity contribution in [2.45, 2.75) is 53.0 Å². The average molecular weight is 185 g/mol. The molecular weight excluding hydrogens is 162 g/mol. The lowest BCUT2D eigenvalue weighted by Gasteiger charge is -2.27. The highest BCUT2D eigenvalue weighted by molar-refractivity contribution is 5.83. The number of hydrogen-bond donors (Lipinski definition) is 0. The minimum Gasteiger partial charge on any atom is -0.298 e. The highest BCUT2D eigenvalue weighted by Crippen LogP contribution is 2.08. The van der Waals surface area contributed by atoms with Crippen molar-refractivity contribution in [2.75, 3.05) is 13.1 Å². The predicted octanol–water partition coefficient (Wildman–Crippen LogP) is 2.48. The van der Waals surface area contributed by atoms with Gasteiger partial charge in [0.25, 0.3) is 0 Å². The summed E-state index contributed by atoms with van der Waals surface area (Å²) in [5.74, 6) is 0.411. The Morgan fingerprint density at radius 3 is 2.00 bits per heavy atom. The van der Waals surface area contributed by atoms with Crippen LogP contribution in [-0.4, -0.2) is 29.8 Å². The number of hydrogen-bond acceptors (Lipinski definition) is 2. The minimum atomic E-state index is 0.162. The van der Waals surface area contributed by atoms with Gasteiger partial charge in [-0.25, -0.2) is 0 Å². The molecule has 0 aliphatic rings. The highest BCUT2D eigenvalue weighted by atomic mass is 16.1. The largest absolute Gasteiger partial charge is 0.298 e. The van der Waals surface area contributed by atoms with Gasteiger partial charge in [0, 0.05) is 6.42 Å². The molecule has 0 saturated heterocycles. The number of rotatable bonds is 7. The maximum absolute atomic E-state index is 11.7. The first-order chi connectivity index (χ1) is 6.21. The van der Waals surface area contributed by atoms with Crippen molar-refractivity contribution in [3.8, 4) is 0 Å². The van der Waals surface area contributed by atoms with Crippen LogP contribution in [0.2, 0.25) is 0 Å². The molecule has 0 saturated carbocycles. The van der Waals surface area contributed by atoms with Crippen LogP contribution in [0.3, 0.4) is 0 Å². The first-order valence-electron chi connectivity index (χ1n) is 5.47. The zero-order chi connectivity index (χ0) is 10.3. The summed E-state index contributed by atoms with van der Waals surface area (Å²) < 4.78 is 0. The van der Waals surface area contributed by atoms with Crippen LogP contribution in [-0.2, 0) is 4.79 Å². The zero-order valence-corrected chi connectivity index (χ0v) is 9.47. The van der Waals surface area contributed by atoms with Crippen LogP contribution >= 0.6 is 0 Å². The molecule has 0 aliphatic carbocycles. The number of carbonyl (C=O) groups excluding carboxylic acids is 1. The van der Waals surface area contributed by atoms with E-state index in [0.29, 0.717) is 5.78 Å². The van der Waals surface area contributed by atoms with Crippen LogP contribution in [0.5, 0.6) is 0 Å². The molecule has 2 nitrogen and oxygen atoms in total. The van der Waals surface area contributed by atoms with Gasteiger partial charge >= 0.3 is 0 Å². The van der Waals surface area contributed by atoms with Gasteiger partial charge in [-0.2, -0.15) is 0 Å². The fourth-order valence-electron chi connectivity index (χ4n) is 1.77. The Morgan fingerprint density at radius 1 is 1.15 bits per heavy atom. The van der Waals surface area contributed by atoms with Gasteiger partial charge in [0.1, 0.15) is 5.78 Å². The molecule has 0 fully saturated rings. The fourth-order valence-corrected chi connectivity index (χ4v) is 1.77. The van der Waals surface area contributed by atoms with E-state index >= 15 is 0 Å². The average Bonchev–Trinajstić information content (AvgIpc) is 2.14. The van der Waals surface area contributed by atoms with E-state index in [1.807, 2.05) is 0 Å². The SMILES string of the molecule is CCCC(=O)[C@@H](CC)N(CC)CC. The summed E-state index contributed by atoms with van der Waals surface area (Å²) in [6.45, 7) is 10.3. The van der Waals surface area contributed by atoms with E-state index in [0.717, 1.165) is 32.4 Å². The zero-order valence-electron chi connectivity index (χ0n) is 9.47. The van der Waals surface area contributed by atoms with E-state index in [9.17, 15) is 4.79 Å². The molecular formula is C11H23NO. The Bertz CT molecular complexity index is 141. The first kappa shape index (κ1) is 12.6. The van der Waals surface area contributed by atoms with Crippen molar-refractivity contribution in [1.82, 2.24) is 4.90 Å². The number of ketones is 1. The fraction of sp³-hybridized carbons (Fsp3) is 0.909. The van der Waals surface area contributed by atoms with Gasteiger partial charge in [-0.3, -0.25) is 9.69 Å². The van der Waals surface area contributed by atoms with E-state index < -0.39 is 0 Å². The minimum absolute atomic E-state index is 0.162. The standard InChI is InChI=1S/C11H23NO/c1-5-9-11(13)10(6-2)12(7-3)8-4/h10H,5-9H2,1-4H3/t10-/m1/s1. The topological polar surface area (TPSA) is 20.3 Å². The molecule has 2 heteroatoms. The van der Waals surface area contributed by atoms with Crippen molar-refractivity contribution in [2.24, 2.45) is 0 Å². The highest BCUT2D eigenvalue weighted by Gasteiger charge is 2.20. The van der Waals surface area contributed by atoms with Crippen molar-refractivity contribution < 1.29 is 4.79 Å². The monoisotopic (exact) mass is 185 g/mol. The summed E-state index contributed by atoms with van der Waals surface area (Å²) in [7, 11) is 0. The second-order valence-electron chi connectivity index (χ2n) is 3.36. The molecule has 0 bridgehead atoms. The van der Waals surface area contributed by atoms with Gasteiger partial charge < -0.3 is 0 Å². The Balaban J connectivity index is 4.20. The van der Waals surface area contributed by atoms with Gasteiger partial charge in [0.15, 0.2) is 0 Å². The molecule has 0 spiro atoms. The predicted molar refractivity (Wildman–Crippen MR) is 56.9 cm³/mol. The number of carbonyl (C=O) groups is 1. The molecule has 0 heterocycles. The second kappa shape index (κ2) is 7.07.